The van der Waals surface area contributed by atoms with Crippen LogP contribution in [0.3, 0.4) is 0 Å². The standard InChI is InChI=1S/C15H23Cl2N3O5P/c1-4-23-26(24-5-2,25-6-3)19-18-15(17)11-14(16)12-7-9-13(10-8-12)20(21)22/h7-10,14-15H,4-6,11H2,1-3H3/q+1. The van der Waals surface area contributed by atoms with Gasteiger partial charge in [-0.05, 0) is 26.3 Å². The summed E-state index contributed by atoms with van der Waals surface area (Å²) in [5.41, 5.74) is -0.0218. The normalized spacial score (nSPS) is 14.5. The highest BCUT2D eigenvalue weighted by Gasteiger charge is 2.47. The third-order valence-electron chi connectivity index (χ3n) is 3.03. The van der Waals surface area contributed by atoms with Gasteiger partial charge in [0.25, 0.3) is 5.69 Å². The fourth-order valence-electron chi connectivity index (χ4n) is 1.96. The summed E-state index contributed by atoms with van der Waals surface area (Å²) in [5, 5.41) is 14.3. The molecule has 0 N–H and O–H groups in total. The van der Waals surface area contributed by atoms with E-state index in [0.29, 0.717) is 25.4 Å². The molecule has 0 aromatic heterocycles. The molecule has 11 heteroatoms. The number of nitro groups is 1. The predicted molar refractivity (Wildman–Crippen MR) is 103 cm³/mol. The first-order valence-corrected chi connectivity index (χ1v) is 10.5. The van der Waals surface area contributed by atoms with Crippen LogP contribution in [0.15, 0.2) is 34.3 Å². The summed E-state index contributed by atoms with van der Waals surface area (Å²) in [6, 6.07) is 5.97. The van der Waals surface area contributed by atoms with Gasteiger partial charge in [-0.1, -0.05) is 23.7 Å². The lowest BCUT2D eigenvalue weighted by Gasteiger charge is -2.14. The number of alkyl halides is 2. The first kappa shape index (κ1) is 23.1. The number of nitro benzene ring substituents is 1. The van der Waals surface area contributed by atoms with Crippen LogP contribution in [-0.2, 0) is 13.6 Å². The highest BCUT2D eigenvalue weighted by atomic mass is 35.5. The van der Waals surface area contributed by atoms with E-state index in [-0.39, 0.29) is 12.1 Å². The average molecular weight is 427 g/mol. The molecule has 1 rings (SSSR count). The van der Waals surface area contributed by atoms with Gasteiger partial charge in [-0.15, -0.1) is 16.7 Å². The molecule has 0 spiro atoms. The van der Waals surface area contributed by atoms with Crippen LogP contribution in [0.1, 0.15) is 38.1 Å². The molecule has 0 amide bonds. The minimum absolute atomic E-state index is 0.000505. The summed E-state index contributed by atoms with van der Waals surface area (Å²) in [4.78, 5) is 14.3. The van der Waals surface area contributed by atoms with Gasteiger partial charge in [-0.25, -0.2) is 0 Å². The van der Waals surface area contributed by atoms with Gasteiger partial charge in [0.2, 0.25) is 0 Å². The lowest BCUT2D eigenvalue weighted by molar-refractivity contribution is -0.384. The van der Waals surface area contributed by atoms with Crippen molar-refractivity contribution in [2.45, 2.75) is 38.1 Å². The molecule has 1 aromatic rings. The third-order valence-corrected chi connectivity index (χ3v) is 5.80. The van der Waals surface area contributed by atoms with Crippen LogP contribution < -0.4 is 0 Å². The second kappa shape index (κ2) is 11.7. The molecule has 0 radical (unpaired) electrons. The quantitative estimate of drug-likeness (QED) is 0.101. The maximum atomic E-state index is 10.7. The number of nitrogens with zero attached hydrogens (tertiary/aromatic N) is 3. The fraction of sp³-hybridized carbons (Fsp3) is 0.600. The zero-order valence-corrected chi connectivity index (χ0v) is 17.3. The number of rotatable bonds is 12. The molecule has 0 saturated heterocycles. The van der Waals surface area contributed by atoms with Crippen molar-refractivity contribution >= 4 is 37.0 Å². The van der Waals surface area contributed by atoms with E-state index in [9.17, 15) is 10.1 Å². The van der Waals surface area contributed by atoms with Crippen LogP contribution in [0.4, 0.5) is 5.69 Å². The van der Waals surface area contributed by atoms with E-state index in [0.717, 1.165) is 0 Å². The summed E-state index contributed by atoms with van der Waals surface area (Å²) in [6.45, 7) is 6.51. The van der Waals surface area contributed by atoms with Gasteiger partial charge in [-0.2, -0.15) is 13.6 Å². The molecule has 0 aliphatic heterocycles. The fourth-order valence-corrected chi connectivity index (χ4v) is 4.25. The van der Waals surface area contributed by atoms with Crippen molar-refractivity contribution in [3.05, 3.63) is 39.9 Å². The Morgan fingerprint density at radius 1 is 1.08 bits per heavy atom. The number of non-ortho nitro benzene ring substituents is 1. The van der Waals surface area contributed by atoms with Crippen molar-refractivity contribution in [1.82, 2.24) is 0 Å². The number of hydrogen-bond acceptors (Lipinski definition) is 7. The highest BCUT2D eigenvalue weighted by molar-refractivity contribution is 7.59. The van der Waals surface area contributed by atoms with Crippen LogP contribution in [-0.4, -0.2) is 30.2 Å². The zero-order valence-electron chi connectivity index (χ0n) is 14.9. The first-order valence-electron chi connectivity index (χ1n) is 8.14. The van der Waals surface area contributed by atoms with Gasteiger partial charge in [0, 0.05) is 18.6 Å². The molecule has 0 aliphatic carbocycles. The monoisotopic (exact) mass is 426 g/mol. The van der Waals surface area contributed by atoms with Crippen LogP contribution in [0, 0.1) is 10.1 Å². The van der Waals surface area contributed by atoms with E-state index in [1.54, 1.807) is 12.1 Å². The van der Waals surface area contributed by atoms with E-state index in [4.69, 9.17) is 36.8 Å². The molecule has 2 atom stereocenters. The lowest BCUT2D eigenvalue weighted by Crippen LogP contribution is -2.06. The Morgan fingerprint density at radius 3 is 2.00 bits per heavy atom. The second-order valence-corrected chi connectivity index (χ2v) is 7.83. The molecular formula is C15H23Cl2N3O5P+. The average Bonchev–Trinajstić information content (AvgIpc) is 2.61. The van der Waals surface area contributed by atoms with Crippen molar-refractivity contribution in [2.75, 3.05) is 19.8 Å². The second-order valence-electron chi connectivity index (χ2n) is 4.91. The molecule has 26 heavy (non-hydrogen) atoms. The minimum Gasteiger partial charge on any atom is -0.258 e. The predicted octanol–water partition coefficient (Wildman–Crippen LogP) is 6.07. The third kappa shape index (κ3) is 7.39. The van der Waals surface area contributed by atoms with Crippen LogP contribution >= 0.6 is 31.3 Å². The van der Waals surface area contributed by atoms with Gasteiger partial charge in [-0.3, -0.25) is 10.1 Å². The van der Waals surface area contributed by atoms with Crippen molar-refractivity contribution < 1.29 is 18.5 Å². The Kier molecular flexibility index (Phi) is 10.5. The van der Waals surface area contributed by atoms with Crippen molar-refractivity contribution in [3.63, 3.8) is 0 Å². The van der Waals surface area contributed by atoms with E-state index < -0.39 is 23.9 Å². The molecule has 0 saturated carbocycles. The van der Waals surface area contributed by atoms with Crippen molar-refractivity contribution in [3.8, 4) is 0 Å². The number of hydrogen-bond donors (Lipinski definition) is 0. The Hall–Kier alpha value is -0.890. The summed E-state index contributed by atoms with van der Waals surface area (Å²) in [5.74, 6) is 0. The Morgan fingerprint density at radius 2 is 1.58 bits per heavy atom. The highest BCUT2D eigenvalue weighted by Crippen LogP contribution is 2.64. The summed E-state index contributed by atoms with van der Waals surface area (Å²) >= 11 is 12.5. The lowest BCUT2D eigenvalue weighted by atomic mass is 10.1. The Balaban J connectivity index is 2.76. The molecule has 146 valence electrons. The number of halogens is 2. The first-order chi connectivity index (χ1) is 12.4. The summed E-state index contributed by atoms with van der Waals surface area (Å²) in [7, 11) is -2.93. The zero-order chi connectivity index (χ0) is 19.6. The van der Waals surface area contributed by atoms with Gasteiger partial charge in [0.1, 0.15) is 5.50 Å². The summed E-state index contributed by atoms with van der Waals surface area (Å²) in [6.07, 6.45) is 0.273. The molecule has 2 unspecified atom stereocenters. The van der Waals surface area contributed by atoms with Gasteiger partial charge in [0.15, 0.2) is 0 Å². The summed E-state index contributed by atoms with van der Waals surface area (Å²) < 4.78 is 16.6. The van der Waals surface area contributed by atoms with Crippen LogP contribution in [0.25, 0.3) is 0 Å². The molecule has 0 heterocycles. The Labute approximate surface area is 163 Å². The van der Waals surface area contributed by atoms with Gasteiger partial charge < -0.3 is 0 Å². The largest absolute Gasteiger partial charge is 0.572 e. The van der Waals surface area contributed by atoms with E-state index in [1.807, 2.05) is 20.8 Å². The van der Waals surface area contributed by atoms with Gasteiger partial charge in [0.05, 0.1) is 35.0 Å². The van der Waals surface area contributed by atoms with Crippen LogP contribution in [0.2, 0.25) is 0 Å². The van der Waals surface area contributed by atoms with Crippen LogP contribution in [0.5, 0.6) is 0 Å². The van der Waals surface area contributed by atoms with Gasteiger partial charge >= 0.3 is 8.09 Å². The molecule has 8 nitrogen and oxygen atoms in total. The SMILES string of the molecule is CCO[P+](N=NC(Cl)CC(Cl)c1ccc([N+](=O)[O-])cc1)(OCC)OCC. The molecular weight excluding hydrogens is 404 g/mol. The maximum Gasteiger partial charge on any atom is 0.572 e. The topological polar surface area (TPSA) is 95.6 Å². The molecule has 0 fully saturated rings. The number of benzene rings is 1. The Bertz CT molecular complexity index is 574. The van der Waals surface area contributed by atoms with E-state index in [2.05, 4.69) is 10.00 Å². The molecule has 1 aromatic carbocycles. The smallest absolute Gasteiger partial charge is 0.258 e. The molecule has 0 bridgehead atoms. The molecule has 0 aliphatic rings. The maximum absolute atomic E-state index is 10.7. The van der Waals surface area contributed by atoms with Crippen molar-refractivity contribution in [1.29, 1.82) is 0 Å². The van der Waals surface area contributed by atoms with E-state index in [1.165, 1.54) is 12.1 Å². The minimum atomic E-state index is -2.93. The van der Waals surface area contributed by atoms with E-state index >= 15 is 0 Å². The van der Waals surface area contributed by atoms with Crippen molar-refractivity contribution in [2.24, 2.45) is 10.00 Å².